The van der Waals surface area contributed by atoms with Crippen molar-refractivity contribution in [1.29, 1.82) is 0 Å². The molecule has 2 aliphatic rings. The molecule has 156 valence electrons. The summed E-state index contributed by atoms with van der Waals surface area (Å²) >= 11 is 0. The quantitative estimate of drug-likeness (QED) is 0.663. The largest absolute Gasteiger partial charge is 0.497 e. The van der Waals surface area contributed by atoms with Crippen molar-refractivity contribution in [2.45, 2.75) is 31.3 Å². The summed E-state index contributed by atoms with van der Waals surface area (Å²) in [6.07, 6.45) is 6.85. The molecule has 0 saturated carbocycles. The van der Waals surface area contributed by atoms with E-state index in [1.54, 1.807) is 19.5 Å². The van der Waals surface area contributed by atoms with Crippen LogP contribution in [0, 0.1) is 0 Å². The SMILES string of the molecule is COc1ccc(CN2C(=O)NC3(CCc4c(cccc4-c4cncnc4)C3)C2=O)cc1. The highest BCUT2D eigenvalue weighted by molar-refractivity contribution is 6.07. The Balaban J connectivity index is 1.41. The molecule has 0 bridgehead atoms. The van der Waals surface area contributed by atoms with Crippen molar-refractivity contribution < 1.29 is 14.3 Å². The molecule has 1 aliphatic heterocycles. The molecule has 0 radical (unpaired) electrons. The van der Waals surface area contributed by atoms with Gasteiger partial charge in [-0.25, -0.2) is 14.8 Å². The summed E-state index contributed by atoms with van der Waals surface area (Å²) in [5.74, 6) is 0.577. The number of nitrogens with one attached hydrogen (secondary N) is 1. The highest BCUT2D eigenvalue weighted by Crippen LogP contribution is 2.38. The number of hydrogen-bond donors (Lipinski definition) is 1. The van der Waals surface area contributed by atoms with Crippen LogP contribution in [0.3, 0.4) is 0 Å². The Kier molecular flexibility index (Phi) is 4.66. The zero-order valence-corrected chi connectivity index (χ0v) is 17.2. The van der Waals surface area contributed by atoms with E-state index in [1.165, 1.54) is 16.8 Å². The predicted octanol–water partition coefficient (Wildman–Crippen LogP) is 3.13. The number of carbonyl (C=O) groups excluding carboxylic acids is 2. The molecule has 31 heavy (non-hydrogen) atoms. The molecular formula is C24H22N4O3. The maximum absolute atomic E-state index is 13.4. The van der Waals surface area contributed by atoms with E-state index in [-0.39, 0.29) is 18.5 Å². The summed E-state index contributed by atoms with van der Waals surface area (Å²) < 4.78 is 5.18. The smallest absolute Gasteiger partial charge is 0.325 e. The molecule has 1 unspecified atom stereocenters. The molecule has 1 fully saturated rings. The Morgan fingerprint density at radius 1 is 1.10 bits per heavy atom. The van der Waals surface area contributed by atoms with E-state index in [0.29, 0.717) is 19.3 Å². The van der Waals surface area contributed by atoms with Crippen molar-refractivity contribution in [3.05, 3.63) is 77.9 Å². The van der Waals surface area contributed by atoms with Gasteiger partial charge < -0.3 is 10.1 Å². The molecule has 1 spiro atoms. The van der Waals surface area contributed by atoms with Gasteiger partial charge in [-0.05, 0) is 47.2 Å². The first-order valence-electron chi connectivity index (χ1n) is 10.2. The molecule has 3 amide bonds. The number of urea groups is 1. The van der Waals surface area contributed by atoms with Crippen LogP contribution in [0.4, 0.5) is 4.79 Å². The van der Waals surface area contributed by atoms with Crippen molar-refractivity contribution in [2.75, 3.05) is 7.11 Å². The molecule has 7 nitrogen and oxygen atoms in total. The van der Waals surface area contributed by atoms with E-state index < -0.39 is 5.54 Å². The first-order chi connectivity index (χ1) is 15.1. The first kappa shape index (κ1) is 19.2. The molecule has 3 aromatic rings. The van der Waals surface area contributed by atoms with Gasteiger partial charge in [-0.15, -0.1) is 0 Å². The average Bonchev–Trinajstić information content (AvgIpc) is 3.03. The van der Waals surface area contributed by atoms with Crippen molar-refractivity contribution in [3.63, 3.8) is 0 Å². The summed E-state index contributed by atoms with van der Waals surface area (Å²) in [6.45, 7) is 0.241. The lowest BCUT2D eigenvalue weighted by atomic mass is 9.76. The van der Waals surface area contributed by atoms with Crippen molar-refractivity contribution in [1.82, 2.24) is 20.2 Å². The second kappa shape index (κ2) is 7.50. The Hall–Kier alpha value is -3.74. The van der Waals surface area contributed by atoms with E-state index in [1.807, 2.05) is 36.4 Å². The number of carbonyl (C=O) groups is 2. The number of amides is 3. The van der Waals surface area contributed by atoms with Gasteiger partial charge in [0, 0.05) is 24.4 Å². The zero-order chi connectivity index (χ0) is 21.4. The number of hydrogen-bond acceptors (Lipinski definition) is 5. The third-order valence-corrected chi connectivity index (χ3v) is 6.18. The number of benzene rings is 2. The third kappa shape index (κ3) is 3.32. The van der Waals surface area contributed by atoms with Gasteiger partial charge in [-0.2, -0.15) is 0 Å². The average molecular weight is 414 g/mol. The molecule has 1 atom stereocenters. The number of rotatable bonds is 4. The molecule has 5 rings (SSSR count). The van der Waals surface area contributed by atoms with Gasteiger partial charge in [0.25, 0.3) is 5.91 Å². The van der Waals surface area contributed by atoms with Crippen molar-refractivity contribution in [2.24, 2.45) is 0 Å². The molecular weight excluding hydrogens is 392 g/mol. The van der Waals surface area contributed by atoms with Crippen molar-refractivity contribution in [3.8, 4) is 16.9 Å². The number of fused-ring (bicyclic) bond motifs is 1. The van der Waals surface area contributed by atoms with Crippen LogP contribution in [0.1, 0.15) is 23.1 Å². The number of aromatic nitrogens is 2. The second-order valence-corrected chi connectivity index (χ2v) is 8.00. The van der Waals surface area contributed by atoms with Gasteiger partial charge >= 0.3 is 6.03 Å². The predicted molar refractivity (Wildman–Crippen MR) is 114 cm³/mol. The van der Waals surface area contributed by atoms with Gasteiger partial charge in [-0.3, -0.25) is 9.69 Å². The fourth-order valence-electron chi connectivity index (χ4n) is 4.58. The highest BCUT2D eigenvalue weighted by atomic mass is 16.5. The molecule has 2 aromatic carbocycles. The lowest BCUT2D eigenvalue weighted by molar-refractivity contribution is -0.132. The van der Waals surface area contributed by atoms with Gasteiger partial charge in [0.1, 0.15) is 17.6 Å². The summed E-state index contributed by atoms with van der Waals surface area (Å²) in [4.78, 5) is 35.7. The fraction of sp³-hybridized carbons (Fsp3) is 0.250. The number of nitrogens with zero attached hydrogens (tertiary/aromatic N) is 3. The normalized spacial score (nSPS) is 20.0. The van der Waals surface area contributed by atoms with Crippen LogP contribution in [0.2, 0.25) is 0 Å². The van der Waals surface area contributed by atoms with Crippen LogP contribution >= 0.6 is 0 Å². The lowest BCUT2D eigenvalue weighted by Crippen LogP contribution is -2.51. The van der Waals surface area contributed by atoms with Crippen LogP contribution in [0.15, 0.2) is 61.2 Å². The molecule has 1 N–H and O–H groups in total. The summed E-state index contributed by atoms with van der Waals surface area (Å²) in [6, 6.07) is 13.1. The van der Waals surface area contributed by atoms with Gasteiger partial charge in [0.05, 0.1) is 13.7 Å². The van der Waals surface area contributed by atoms with Gasteiger partial charge in [-0.1, -0.05) is 30.3 Å². The topological polar surface area (TPSA) is 84.4 Å². The fourth-order valence-corrected chi connectivity index (χ4v) is 4.58. The van der Waals surface area contributed by atoms with E-state index in [2.05, 4.69) is 21.4 Å². The molecule has 1 aromatic heterocycles. The second-order valence-electron chi connectivity index (χ2n) is 8.00. The minimum atomic E-state index is -0.887. The van der Waals surface area contributed by atoms with Crippen LogP contribution in [-0.4, -0.2) is 39.5 Å². The monoisotopic (exact) mass is 414 g/mol. The van der Waals surface area contributed by atoms with Gasteiger partial charge in [0.2, 0.25) is 0 Å². The molecule has 1 saturated heterocycles. The highest BCUT2D eigenvalue weighted by Gasteiger charge is 2.52. The maximum Gasteiger partial charge on any atom is 0.325 e. The summed E-state index contributed by atoms with van der Waals surface area (Å²) in [5.41, 5.74) is 4.30. The maximum atomic E-state index is 13.4. The van der Waals surface area contributed by atoms with Crippen molar-refractivity contribution >= 4 is 11.9 Å². The Morgan fingerprint density at radius 3 is 2.61 bits per heavy atom. The number of imide groups is 1. The third-order valence-electron chi connectivity index (χ3n) is 6.18. The van der Waals surface area contributed by atoms with Gasteiger partial charge in [0.15, 0.2) is 0 Å². The van der Waals surface area contributed by atoms with Crippen LogP contribution in [-0.2, 0) is 24.2 Å². The lowest BCUT2D eigenvalue weighted by Gasteiger charge is -2.33. The molecule has 1 aliphatic carbocycles. The minimum absolute atomic E-state index is 0.160. The van der Waals surface area contributed by atoms with E-state index in [0.717, 1.165) is 28.0 Å². The van der Waals surface area contributed by atoms with Crippen LogP contribution < -0.4 is 10.1 Å². The summed E-state index contributed by atoms with van der Waals surface area (Å²) in [7, 11) is 1.60. The van der Waals surface area contributed by atoms with Crippen LogP contribution in [0.25, 0.3) is 11.1 Å². The minimum Gasteiger partial charge on any atom is -0.497 e. The number of methoxy groups -OCH3 is 1. The Bertz CT molecular complexity index is 1150. The first-order valence-corrected chi connectivity index (χ1v) is 10.2. The zero-order valence-electron chi connectivity index (χ0n) is 17.2. The molecule has 7 heteroatoms. The Morgan fingerprint density at radius 2 is 1.87 bits per heavy atom. The van der Waals surface area contributed by atoms with E-state index >= 15 is 0 Å². The molecule has 2 heterocycles. The number of ether oxygens (including phenoxy) is 1. The standard InChI is InChI=1S/C24H22N4O3/c1-31-19-7-5-16(6-8-19)14-28-22(29)24(27-23(28)30)10-9-21-17(11-24)3-2-4-20(21)18-12-25-15-26-13-18/h2-8,12-13,15H,9-11,14H2,1H3,(H,27,30). The summed E-state index contributed by atoms with van der Waals surface area (Å²) in [5, 5.41) is 3.00. The Labute approximate surface area is 180 Å². The van der Waals surface area contributed by atoms with E-state index in [4.69, 9.17) is 4.74 Å². The van der Waals surface area contributed by atoms with Crippen LogP contribution in [0.5, 0.6) is 5.75 Å². The van der Waals surface area contributed by atoms with E-state index in [9.17, 15) is 9.59 Å².